The Morgan fingerprint density at radius 1 is 1.17 bits per heavy atom. The fourth-order valence-corrected chi connectivity index (χ4v) is 5.79. The second-order valence-corrected chi connectivity index (χ2v) is 11.0. The Labute approximate surface area is 217 Å². The topological polar surface area (TPSA) is 58.6 Å². The molecule has 7 heteroatoms. The van der Waals surface area contributed by atoms with Gasteiger partial charge in [0, 0.05) is 34.7 Å². The zero-order chi connectivity index (χ0) is 25.3. The number of carbonyl (C=O) groups excluding carboxylic acids is 2. The van der Waals surface area contributed by atoms with Crippen molar-refractivity contribution in [3.63, 3.8) is 0 Å². The van der Waals surface area contributed by atoms with Crippen LogP contribution in [0.1, 0.15) is 70.9 Å². The van der Waals surface area contributed by atoms with Crippen LogP contribution in [0, 0.1) is 5.41 Å². The van der Waals surface area contributed by atoms with Crippen molar-refractivity contribution in [2.75, 3.05) is 17.3 Å². The summed E-state index contributed by atoms with van der Waals surface area (Å²) < 4.78 is 5.71. The van der Waals surface area contributed by atoms with E-state index in [9.17, 15) is 9.59 Å². The summed E-state index contributed by atoms with van der Waals surface area (Å²) >= 11 is 13.0. The van der Waals surface area contributed by atoms with Crippen LogP contribution < -0.4 is 15.0 Å². The van der Waals surface area contributed by atoms with Crippen molar-refractivity contribution < 1.29 is 14.3 Å². The van der Waals surface area contributed by atoms with Crippen molar-refractivity contribution in [1.29, 1.82) is 0 Å². The number of fused-ring (bicyclic) bond motifs is 1. The minimum absolute atomic E-state index is 0.00562. The summed E-state index contributed by atoms with van der Waals surface area (Å²) in [4.78, 5) is 29.4. The number of amides is 1. The van der Waals surface area contributed by atoms with Gasteiger partial charge in [0.2, 0.25) is 5.91 Å². The average Bonchev–Trinajstić information content (AvgIpc) is 2.92. The molecule has 5 nitrogen and oxygen atoms in total. The molecule has 1 amide bonds. The molecule has 0 fully saturated rings. The van der Waals surface area contributed by atoms with Crippen molar-refractivity contribution in [2.45, 2.75) is 65.3 Å². The van der Waals surface area contributed by atoms with Gasteiger partial charge >= 0.3 is 0 Å². The standard InChI is InChI=1S/C28H32Cl2N2O3/c1-5-6-7-12-24(34)32-22-11-9-8-10-20(22)31-21-15-28(2,3)16-23(33)25(21)26(32)18-13-17(29)14-19(30)27(18)35-4/h8-11,13-14,26,31H,5-7,12,15-16H2,1-4H3/t26-/m1/s1. The van der Waals surface area contributed by atoms with Crippen LogP contribution in [0.3, 0.4) is 0 Å². The highest BCUT2D eigenvalue weighted by Gasteiger charge is 2.44. The number of anilines is 2. The predicted octanol–water partition coefficient (Wildman–Crippen LogP) is 7.73. The third kappa shape index (κ3) is 5.07. The Balaban J connectivity index is 2.02. The van der Waals surface area contributed by atoms with Crippen LogP contribution >= 0.6 is 23.2 Å². The zero-order valence-electron chi connectivity index (χ0n) is 20.7. The summed E-state index contributed by atoms with van der Waals surface area (Å²) in [5.41, 5.74) is 3.30. The van der Waals surface area contributed by atoms with E-state index >= 15 is 0 Å². The largest absolute Gasteiger partial charge is 0.495 e. The van der Waals surface area contributed by atoms with Crippen LogP contribution in [0.5, 0.6) is 5.75 Å². The molecule has 0 saturated heterocycles. The molecule has 4 rings (SSSR count). The first kappa shape index (κ1) is 25.6. The number of ether oxygens (including phenoxy) is 1. The molecular weight excluding hydrogens is 483 g/mol. The van der Waals surface area contributed by atoms with Gasteiger partial charge in [-0.15, -0.1) is 0 Å². The molecule has 0 radical (unpaired) electrons. The lowest BCUT2D eigenvalue weighted by Gasteiger charge is -2.37. The number of benzene rings is 2. The molecule has 1 N–H and O–H groups in total. The van der Waals surface area contributed by atoms with Crippen molar-refractivity contribution in [3.8, 4) is 5.75 Å². The maximum atomic E-state index is 13.9. The lowest BCUT2D eigenvalue weighted by atomic mass is 9.73. The number of para-hydroxylation sites is 2. The predicted molar refractivity (Wildman–Crippen MR) is 142 cm³/mol. The van der Waals surface area contributed by atoms with Gasteiger partial charge in [0.25, 0.3) is 0 Å². The molecule has 0 unspecified atom stereocenters. The summed E-state index contributed by atoms with van der Waals surface area (Å²) in [7, 11) is 1.54. The number of Topliss-reactive ketones (excluding diaryl/α,β-unsaturated/α-hetero) is 1. The molecule has 0 spiro atoms. The lowest BCUT2D eigenvalue weighted by molar-refractivity contribution is -0.119. The number of nitrogens with zero attached hydrogens (tertiary/aromatic N) is 1. The van der Waals surface area contributed by atoms with E-state index < -0.39 is 6.04 Å². The molecule has 1 atom stereocenters. The molecule has 1 aliphatic heterocycles. The van der Waals surface area contributed by atoms with Gasteiger partial charge < -0.3 is 10.1 Å². The second kappa shape index (κ2) is 10.2. The number of ketones is 1. The molecule has 2 aromatic rings. The van der Waals surface area contributed by atoms with Crippen LogP contribution in [-0.4, -0.2) is 18.8 Å². The second-order valence-electron chi connectivity index (χ2n) is 10.1. The van der Waals surface area contributed by atoms with Gasteiger partial charge in [0.05, 0.1) is 29.5 Å². The molecule has 0 saturated carbocycles. The number of hydrogen-bond acceptors (Lipinski definition) is 4. The van der Waals surface area contributed by atoms with Crippen molar-refractivity contribution in [2.24, 2.45) is 5.41 Å². The molecule has 186 valence electrons. The fraction of sp³-hybridized carbons (Fsp3) is 0.429. The van der Waals surface area contributed by atoms with Crippen LogP contribution in [0.25, 0.3) is 0 Å². The highest BCUT2D eigenvalue weighted by atomic mass is 35.5. The Kier molecular flexibility index (Phi) is 7.48. The number of allylic oxidation sites excluding steroid dienone is 1. The molecule has 2 aliphatic rings. The number of hydrogen-bond donors (Lipinski definition) is 1. The van der Waals surface area contributed by atoms with Crippen molar-refractivity contribution in [3.05, 3.63) is 63.3 Å². The molecular formula is C28H32Cl2N2O3. The van der Waals surface area contributed by atoms with Crippen LogP contribution in [0.15, 0.2) is 47.7 Å². The number of carbonyl (C=O) groups is 2. The van der Waals surface area contributed by atoms with E-state index in [0.717, 1.165) is 36.3 Å². The smallest absolute Gasteiger partial charge is 0.227 e. The zero-order valence-corrected chi connectivity index (χ0v) is 22.2. The first-order chi connectivity index (χ1) is 16.7. The van der Waals surface area contributed by atoms with E-state index in [2.05, 4.69) is 26.1 Å². The van der Waals surface area contributed by atoms with E-state index in [1.165, 1.54) is 7.11 Å². The highest BCUT2D eigenvalue weighted by molar-refractivity contribution is 6.35. The van der Waals surface area contributed by atoms with E-state index in [1.807, 2.05) is 24.3 Å². The van der Waals surface area contributed by atoms with Gasteiger partial charge in [0.15, 0.2) is 5.78 Å². The highest BCUT2D eigenvalue weighted by Crippen LogP contribution is 2.51. The number of nitrogens with one attached hydrogen (secondary N) is 1. The lowest BCUT2D eigenvalue weighted by Crippen LogP contribution is -2.39. The van der Waals surface area contributed by atoms with Crippen LogP contribution in [-0.2, 0) is 9.59 Å². The van der Waals surface area contributed by atoms with Gasteiger partial charge in [-0.2, -0.15) is 0 Å². The number of unbranched alkanes of at least 4 members (excludes halogenated alkanes) is 2. The fourth-order valence-electron chi connectivity index (χ4n) is 5.20. The van der Waals surface area contributed by atoms with Crippen LogP contribution in [0.4, 0.5) is 11.4 Å². The molecule has 0 aromatic heterocycles. The van der Waals surface area contributed by atoms with Crippen molar-refractivity contribution >= 4 is 46.3 Å². The summed E-state index contributed by atoms with van der Waals surface area (Å²) in [6.45, 7) is 6.29. The third-order valence-corrected chi connectivity index (χ3v) is 7.20. The summed E-state index contributed by atoms with van der Waals surface area (Å²) in [5.74, 6) is 0.365. The third-order valence-electron chi connectivity index (χ3n) is 6.70. The number of rotatable bonds is 6. The number of halogens is 2. The van der Waals surface area contributed by atoms with Gasteiger partial charge in [-0.05, 0) is 42.5 Å². The average molecular weight is 515 g/mol. The maximum absolute atomic E-state index is 13.9. The first-order valence-corrected chi connectivity index (χ1v) is 12.9. The molecule has 35 heavy (non-hydrogen) atoms. The Morgan fingerprint density at radius 2 is 1.91 bits per heavy atom. The minimum atomic E-state index is -0.718. The first-order valence-electron chi connectivity index (χ1n) is 12.1. The SMILES string of the molecule is CCCCCC(=O)N1c2ccccc2NC2=C(C(=O)CC(C)(C)C2)[C@H]1c1cc(Cl)cc(Cl)c1OC. The number of methoxy groups -OCH3 is 1. The molecule has 1 heterocycles. The van der Waals surface area contributed by atoms with Crippen molar-refractivity contribution in [1.82, 2.24) is 0 Å². The summed E-state index contributed by atoms with van der Waals surface area (Å²) in [6, 6.07) is 10.4. The maximum Gasteiger partial charge on any atom is 0.227 e. The van der Waals surface area contributed by atoms with Crippen LogP contribution in [0.2, 0.25) is 10.0 Å². The molecule has 2 aromatic carbocycles. The summed E-state index contributed by atoms with van der Waals surface area (Å²) in [6.07, 6.45) is 4.17. The van der Waals surface area contributed by atoms with Gasteiger partial charge in [0.1, 0.15) is 5.75 Å². The van der Waals surface area contributed by atoms with E-state index in [1.54, 1.807) is 17.0 Å². The molecule has 0 bridgehead atoms. The van der Waals surface area contributed by atoms with Gasteiger partial charge in [-0.1, -0.05) is 68.9 Å². The van der Waals surface area contributed by atoms with E-state index in [-0.39, 0.29) is 17.1 Å². The van der Waals surface area contributed by atoms with Gasteiger partial charge in [-0.3, -0.25) is 14.5 Å². The Hall–Kier alpha value is -2.50. The Morgan fingerprint density at radius 3 is 2.63 bits per heavy atom. The monoisotopic (exact) mass is 514 g/mol. The normalized spacial score (nSPS) is 19.0. The summed E-state index contributed by atoms with van der Waals surface area (Å²) in [5, 5.41) is 4.28. The quantitative estimate of drug-likeness (QED) is 0.400. The minimum Gasteiger partial charge on any atom is -0.495 e. The molecule has 1 aliphatic carbocycles. The van der Waals surface area contributed by atoms with E-state index in [0.29, 0.717) is 46.2 Å². The Bertz CT molecular complexity index is 1190. The van der Waals surface area contributed by atoms with Gasteiger partial charge in [-0.25, -0.2) is 0 Å². The van der Waals surface area contributed by atoms with E-state index in [4.69, 9.17) is 27.9 Å².